The first-order chi connectivity index (χ1) is 7.12. The van der Waals surface area contributed by atoms with Crippen LogP contribution in [-0.2, 0) is 9.47 Å². The molecular formula is C13H22O2. The third-order valence-corrected chi connectivity index (χ3v) is 5.27. The van der Waals surface area contributed by atoms with E-state index in [1.807, 2.05) is 14.2 Å². The standard InChI is InChI=1S/C13H22O2/c1-12-6-9-4-10(7-12)13(14-2,15-3)11(5-9)8-12/h9-11H,4-8H2,1-3H3/t9?,10-,11+,12?. The second-order valence-electron chi connectivity index (χ2n) is 6.28. The quantitative estimate of drug-likeness (QED) is 0.652. The van der Waals surface area contributed by atoms with Gasteiger partial charge in [-0.05, 0) is 43.4 Å². The summed E-state index contributed by atoms with van der Waals surface area (Å²) in [6, 6.07) is 0. The third-order valence-electron chi connectivity index (χ3n) is 5.27. The van der Waals surface area contributed by atoms with Gasteiger partial charge in [0.1, 0.15) is 0 Å². The summed E-state index contributed by atoms with van der Waals surface area (Å²) in [4.78, 5) is 0. The topological polar surface area (TPSA) is 18.5 Å². The summed E-state index contributed by atoms with van der Waals surface area (Å²) in [5, 5.41) is 0. The lowest BCUT2D eigenvalue weighted by Crippen LogP contribution is -2.62. The van der Waals surface area contributed by atoms with Gasteiger partial charge >= 0.3 is 0 Å². The lowest BCUT2D eigenvalue weighted by molar-refractivity contribution is -0.329. The van der Waals surface area contributed by atoms with Gasteiger partial charge in [-0.15, -0.1) is 0 Å². The molecule has 0 heterocycles. The van der Waals surface area contributed by atoms with Gasteiger partial charge in [0.2, 0.25) is 0 Å². The van der Waals surface area contributed by atoms with Gasteiger partial charge in [0.15, 0.2) is 5.79 Å². The van der Waals surface area contributed by atoms with Gasteiger partial charge in [-0.1, -0.05) is 6.92 Å². The molecule has 0 aromatic rings. The van der Waals surface area contributed by atoms with E-state index in [2.05, 4.69) is 6.92 Å². The lowest BCUT2D eigenvalue weighted by Gasteiger charge is -2.63. The summed E-state index contributed by atoms with van der Waals surface area (Å²) in [7, 11) is 3.65. The highest BCUT2D eigenvalue weighted by Crippen LogP contribution is 2.64. The number of rotatable bonds is 2. The normalized spacial score (nSPS) is 51.0. The van der Waals surface area contributed by atoms with E-state index in [4.69, 9.17) is 9.47 Å². The molecule has 0 spiro atoms. The van der Waals surface area contributed by atoms with E-state index >= 15 is 0 Å². The molecule has 0 amide bonds. The first kappa shape index (κ1) is 10.1. The Labute approximate surface area is 92.3 Å². The van der Waals surface area contributed by atoms with Crippen LogP contribution in [0.15, 0.2) is 0 Å². The molecule has 4 aliphatic carbocycles. The van der Waals surface area contributed by atoms with Gasteiger partial charge in [-0.3, -0.25) is 0 Å². The van der Waals surface area contributed by atoms with Crippen molar-refractivity contribution in [3.05, 3.63) is 0 Å². The van der Waals surface area contributed by atoms with Gasteiger partial charge in [0, 0.05) is 26.1 Å². The minimum absolute atomic E-state index is 0.240. The summed E-state index contributed by atoms with van der Waals surface area (Å²) in [6.45, 7) is 2.47. The lowest BCUT2D eigenvalue weighted by atomic mass is 9.48. The monoisotopic (exact) mass is 210 g/mol. The molecule has 4 fully saturated rings. The number of hydrogen-bond donors (Lipinski definition) is 0. The number of hydrogen-bond acceptors (Lipinski definition) is 2. The van der Waals surface area contributed by atoms with E-state index in [-0.39, 0.29) is 5.79 Å². The molecule has 2 nitrogen and oxygen atoms in total. The van der Waals surface area contributed by atoms with E-state index < -0.39 is 0 Å². The molecule has 0 aromatic carbocycles. The molecule has 4 aliphatic rings. The van der Waals surface area contributed by atoms with E-state index in [0.717, 1.165) is 5.92 Å². The van der Waals surface area contributed by atoms with Crippen LogP contribution in [0, 0.1) is 23.2 Å². The fourth-order valence-electron chi connectivity index (χ4n) is 5.07. The minimum atomic E-state index is -0.240. The molecule has 2 unspecified atom stereocenters. The Bertz CT molecular complexity index is 252. The molecule has 4 saturated carbocycles. The Balaban J connectivity index is 1.96. The van der Waals surface area contributed by atoms with Crippen molar-refractivity contribution in [3.8, 4) is 0 Å². The Morgan fingerprint density at radius 3 is 1.87 bits per heavy atom. The van der Waals surface area contributed by atoms with Crippen molar-refractivity contribution in [1.82, 2.24) is 0 Å². The van der Waals surface area contributed by atoms with E-state index in [1.54, 1.807) is 0 Å². The van der Waals surface area contributed by atoms with E-state index in [9.17, 15) is 0 Å². The van der Waals surface area contributed by atoms with Crippen LogP contribution in [0.3, 0.4) is 0 Å². The van der Waals surface area contributed by atoms with Crippen molar-refractivity contribution in [2.75, 3.05) is 14.2 Å². The summed E-state index contributed by atoms with van der Waals surface area (Å²) < 4.78 is 11.6. The highest BCUT2D eigenvalue weighted by molar-refractivity contribution is 5.07. The number of methoxy groups -OCH3 is 2. The summed E-state index contributed by atoms with van der Waals surface area (Å²) >= 11 is 0. The molecule has 0 N–H and O–H groups in total. The van der Waals surface area contributed by atoms with Crippen LogP contribution in [-0.4, -0.2) is 20.0 Å². The van der Waals surface area contributed by atoms with Gasteiger partial charge in [-0.2, -0.15) is 0 Å². The Hall–Kier alpha value is -0.0800. The predicted octanol–water partition coefficient (Wildman–Crippen LogP) is 2.82. The Kier molecular flexibility index (Phi) is 2.01. The van der Waals surface area contributed by atoms with Crippen molar-refractivity contribution >= 4 is 0 Å². The molecule has 86 valence electrons. The molecule has 0 aromatic heterocycles. The molecule has 4 bridgehead atoms. The molecule has 15 heavy (non-hydrogen) atoms. The van der Waals surface area contributed by atoms with Crippen LogP contribution in [0.1, 0.15) is 39.0 Å². The zero-order valence-corrected chi connectivity index (χ0v) is 10.1. The molecule has 4 atom stereocenters. The Morgan fingerprint density at radius 1 is 0.933 bits per heavy atom. The molecule has 0 aliphatic heterocycles. The van der Waals surface area contributed by atoms with Gasteiger partial charge in [-0.25, -0.2) is 0 Å². The predicted molar refractivity (Wildman–Crippen MR) is 58.4 cm³/mol. The van der Waals surface area contributed by atoms with Crippen molar-refractivity contribution in [2.45, 2.75) is 44.8 Å². The summed E-state index contributed by atoms with van der Waals surface area (Å²) in [5.74, 6) is 2.00. The van der Waals surface area contributed by atoms with Crippen LogP contribution in [0.5, 0.6) is 0 Å². The fraction of sp³-hybridized carbons (Fsp3) is 1.00. The zero-order chi connectivity index (χ0) is 10.7. The SMILES string of the molecule is COC1(OC)[C@@H]2CC3C[C@H]1CC(C)(C3)C2. The van der Waals surface area contributed by atoms with Gasteiger partial charge in [0.05, 0.1) is 0 Å². The molecular weight excluding hydrogens is 188 g/mol. The van der Waals surface area contributed by atoms with Crippen LogP contribution < -0.4 is 0 Å². The minimum Gasteiger partial charge on any atom is -0.353 e. The summed E-state index contributed by atoms with van der Waals surface area (Å²) in [6.07, 6.45) is 6.72. The fourth-order valence-corrected chi connectivity index (χ4v) is 5.07. The van der Waals surface area contributed by atoms with Crippen LogP contribution >= 0.6 is 0 Å². The van der Waals surface area contributed by atoms with Crippen molar-refractivity contribution in [1.29, 1.82) is 0 Å². The van der Waals surface area contributed by atoms with Crippen molar-refractivity contribution < 1.29 is 9.47 Å². The highest BCUT2D eigenvalue weighted by Gasteiger charge is 2.61. The maximum absolute atomic E-state index is 5.79. The van der Waals surface area contributed by atoms with Gasteiger partial charge < -0.3 is 9.47 Å². The zero-order valence-electron chi connectivity index (χ0n) is 10.1. The van der Waals surface area contributed by atoms with Crippen LogP contribution in [0.4, 0.5) is 0 Å². The number of ether oxygens (including phenoxy) is 2. The molecule has 4 rings (SSSR count). The summed E-state index contributed by atoms with van der Waals surface area (Å²) in [5.41, 5.74) is 0.594. The average Bonchev–Trinajstić information content (AvgIpc) is 2.16. The maximum Gasteiger partial charge on any atom is 0.173 e. The largest absolute Gasteiger partial charge is 0.353 e. The molecule has 0 radical (unpaired) electrons. The second-order valence-corrected chi connectivity index (χ2v) is 6.28. The van der Waals surface area contributed by atoms with Crippen molar-refractivity contribution in [3.63, 3.8) is 0 Å². The first-order valence-electron chi connectivity index (χ1n) is 6.22. The maximum atomic E-state index is 5.79. The average molecular weight is 210 g/mol. The van der Waals surface area contributed by atoms with E-state index in [0.29, 0.717) is 17.3 Å². The molecule has 2 heteroatoms. The third kappa shape index (κ3) is 1.18. The Morgan fingerprint density at radius 2 is 1.47 bits per heavy atom. The van der Waals surface area contributed by atoms with E-state index in [1.165, 1.54) is 32.1 Å². The van der Waals surface area contributed by atoms with Gasteiger partial charge in [0.25, 0.3) is 0 Å². The van der Waals surface area contributed by atoms with Crippen molar-refractivity contribution in [2.24, 2.45) is 23.2 Å². The van der Waals surface area contributed by atoms with Crippen LogP contribution in [0.2, 0.25) is 0 Å². The highest BCUT2D eigenvalue weighted by atomic mass is 16.7. The smallest absolute Gasteiger partial charge is 0.173 e. The second kappa shape index (κ2) is 2.98. The first-order valence-corrected chi connectivity index (χ1v) is 6.22. The van der Waals surface area contributed by atoms with Crippen LogP contribution in [0.25, 0.3) is 0 Å². The molecule has 0 saturated heterocycles.